The van der Waals surface area contributed by atoms with Gasteiger partial charge < -0.3 is 16.0 Å². The van der Waals surface area contributed by atoms with E-state index in [9.17, 15) is 0 Å². The Labute approximate surface area is 135 Å². The van der Waals surface area contributed by atoms with Gasteiger partial charge in [-0.1, -0.05) is 0 Å². The van der Waals surface area contributed by atoms with E-state index in [1.54, 1.807) is 0 Å². The molecular formula is C16H23N7. The van der Waals surface area contributed by atoms with Gasteiger partial charge in [0.1, 0.15) is 5.82 Å². The van der Waals surface area contributed by atoms with Crippen molar-refractivity contribution in [3.63, 3.8) is 0 Å². The van der Waals surface area contributed by atoms with E-state index in [1.807, 2.05) is 25.0 Å². The first-order valence-electron chi connectivity index (χ1n) is 8.24. The Morgan fingerprint density at radius 3 is 2.78 bits per heavy atom. The smallest absolute Gasteiger partial charge is 0.222 e. The Morgan fingerprint density at radius 2 is 2.09 bits per heavy atom. The monoisotopic (exact) mass is 313 g/mol. The van der Waals surface area contributed by atoms with Crippen molar-refractivity contribution in [1.29, 1.82) is 0 Å². The fourth-order valence-corrected chi connectivity index (χ4v) is 3.32. The van der Waals surface area contributed by atoms with Gasteiger partial charge in [-0.15, -0.1) is 0 Å². The highest BCUT2D eigenvalue weighted by molar-refractivity contribution is 5.67. The van der Waals surface area contributed by atoms with Gasteiger partial charge in [0.15, 0.2) is 0 Å². The zero-order valence-corrected chi connectivity index (χ0v) is 13.7. The van der Waals surface area contributed by atoms with Crippen molar-refractivity contribution in [3.05, 3.63) is 18.0 Å². The van der Waals surface area contributed by atoms with Gasteiger partial charge in [-0.05, 0) is 26.3 Å². The molecule has 2 aliphatic rings. The first kappa shape index (κ1) is 14.4. The summed E-state index contributed by atoms with van der Waals surface area (Å²) < 4.78 is 1.87. The molecule has 23 heavy (non-hydrogen) atoms. The van der Waals surface area contributed by atoms with Gasteiger partial charge in [0, 0.05) is 49.9 Å². The summed E-state index contributed by atoms with van der Waals surface area (Å²) in [4.78, 5) is 11.2. The van der Waals surface area contributed by atoms with Crippen LogP contribution in [0.5, 0.6) is 0 Å². The lowest BCUT2D eigenvalue weighted by molar-refractivity contribution is 0.616. The van der Waals surface area contributed by atoms with Gasteiger partial charge in [-0.2, -0.15) is 10.1 Å². The van der Waals surface area contributed by atoms with E-state index >= 15 is 0 Å². The molecule has 0 unspecified atom stereocenters. The second-order valence-corrected chi connectivity index (χ2v) is 6.57. The molecule has 2 aromatic rings. The van der Waals surface area contributed by atoms with Crippen molar-refractivity contribution < 1.29 is 0 Å². The molecule has 0 amide bonds. The number of hydrogen-bond donors (Lipinski definition) is 2. The van der Waals surface area contributed by atoms with E-state index in [4.69, 9.17) is 5.73 Å². The molecule has 0 spiro atoms. The summed E-state index contributed by atoms with van der Waals surface area (Å²) in [6.07, 6.45) is 5.59. The summed E-state index contributed by atoms with van der Waals surface area (Å²) >= 11 is 0. The number of nitrogens with two attached hydrogens (primary N) is 1. The number of nitrogen functional groups attached to an aromatic ring is 1. The van der Waals surface area contributed by atoms with Crippen LogP contribution < -0.4 is 16.0 Å². The molecule has 2 aromatic heterocycles. The minimum atomic E-state index is 0.330. The second-order valence-electron chi connectivity index (χ2n) is 6.57. The van der Waals surface area contributed by atoms with Gasteiger partial charge in [0.2, 0.25) is 5.95 Å². The number of rotatable bonds is 4. The molecule has 1 saturated heterocycles. The average molecular weight is 313 g/mol. The van der Waals surface area contributed by atoms with Crippen LogP contribution in [0.25, 0.3) is 11.3 Å². The van der Waals surface area contributed by atoms with Crippen molar-refractivity contribution in [2.45, 2.75) is 31.2 Å². The van der Waals surface area contributed by atoms with Crippen molar-refractivity contribution in [1.82, 2.24) is 25.1 Å². The Hall–Kier alpha value is -2.15. The third kappa shape index (κ3) is 2.76. The minimum Gasteiger partial charge on any atom is -0.368 e. The second kappa shape index (κ2) is 5.49. The van der Waals surface area contributed by atoms with Crippen molar-refractivity contribution >= 4 is 11.8 Å². The number of hydrogen-bond acceptors (Lipinski definition) is 6. The van der Waals surface area contributed by atoms with Crippen LogP contribution in [0.2, 0.25) is 0 Å². The summed E-state index contributed by atoms with van der Waals surface area (Å²) in [7, 11) is 3.96. The van der Waals surface area contributed by atoms with Crippen LogP contribution in [0.4, 0.5) is 11.8 Å². The lowest BCUT2D eigenvalue weighted by atomic mass is 10.1. The molecule has 122 valence electrons. The summed E-state index contributed by atoms with van der Waals surface area (Å²) in [5.41, 5.74) is 9.11. The predicted octanol–water partition coefficient (Wildman–Crippen LogP) is 1.13. The molecule has 1 aliphatic heterocycles. The van der Waals surface area contributed by atoms with Crippen LogP contribution in [-0.4, -0.2) is 45.9 Å². The zero-order valence-electron chi connectivity index (χ0n) is 13.7. The molecule has 1 aliphatic carbocycles. The van der Waals surface area contributed by atoms with Gasteiger partial charge in [-0.3, -0.25) is 4.68 Å². The molecule has 7 nitrogen and oxygen atoms in total. The highest BCUT2D eigenvalue weighted by atomic mass is 15.3. The molecule has 0 bridgehead atoms. The maximum atomic E-state index is 5.99. The third-order valence-electron chi connectivity index (χ3n) is 4.75. The zero-order chi connectivity index (χ0) is 16.0. The van der Waals surface area contributed by atoms with E-state index in [0.717, 1.165) is 42.3 Å². The summed E-state index contributed by atoms with van der Waals surface area (Å²) in [6.45, 7) is 1.94. The maximum Gasteiger partial charge on any atom is 0.222 e. The maximum absolute atomic E-state index is 5.99. The normalized spacial score (nSPS) is 21.1. The van der Waals surface area contributed by atoms with Crippen LogP contribution in [-0.2, 0) is 7.05 Å². The van der Waals surface area contributed by atoms with E-state index in [2.05, 4.69) is 31.3 Å². The number of aryl methyl sites for hydroxylation is 1. The van der Waals surface area contributed by atoms with Gasteiger partial charge >= 0.3 is 0 Å². The van der Waals surface area contributed by atoms with Crippen LogP contribution in [0.3, 0.4) is 0 Å². The summed E-state index contributed by atoms with van der Waals surface area (Å²) in [6, 6.07) is 2.56. The van der Waals surface area contributed by atoms with Crippen molar-refractivity contribution in [2.75, 3.05) is 30.8 Å². The van der Waals surface area contributed by atoms with E-state index in [0.29, 0.717) is 17.9 Å². The fourth-order valence-electron chi connectivity index (χ4n) is 3.32. The van der Waals surface area contributed by atoms with E-state index < -0.39 is 0 Å². The molecule has 3 N–H and O–H groups in total. The van der Waals surface area contributed by atoms with E-state index in [-0.39, 0.29) is 0 Å². The Kier molecular flexibility index (Phi) is 3.45. The average Bonchev–Trinajstić information content (AvgIpc) is 3.13. The van der Waals surface area contributed by atoms with Crippen molar-refractivity contribution in [3.8, 4) is 11.3 Å². The largest absolute Gasteiger partial charge is 0.368 e. The molecule has 0 aromatic carbocycles. The Balaban J connectivity index is 1.70. The molecule has 2 fully saturated rings. The number of likely N-dealkylation sites (N-methyl/N-ethyl adjacent to an activating group) is 1. The summed E-state index contributed by atoms with van der Waals surface area (Å²) in [5.74, 6) is 1.82. The molecule has 7 heteroatoms. The Bertz CT molecular complexity index is 719. The highest BCUT2D eigenvalue weighted by Gasteiger charge is 2.30. The fraction of sp³-hybridized carbons (Fsp3) is 0.562. The van der Waals surface area contributed by atoms with Crippen LogP contribution in [0.15, 0.2) is 12.3 Å². The van der Waals surface area contributed by atoms with Crippen LogP contribution in [0.1, 0.15) is 30.9 Å². The third-order valence-corrected chi connectivity index (χ3v) is 4.75. The summed E-state index contributed by atoms with van der Waals surface area (Å²) in [5, 5.41) is 7.95. The predicted molar refractivity (Wildman–Crippen MR) is 90.3 cm³/mol. The molecule has 3 heterocycles. The molecule has 0 radical (unpaired) electrons. The number of nitrogens with one attached hydrogen (secondary N) is 1. The topological polar surface area (TPSA) is 84.9 Å². The van der Waals surface area contributed by atoms with E-state index in [1.165, 1.54) is 12.8 Å². The molecular weight excluding hydrogens is 290 g/mol. The standard InChI is InChI=1S/C16H23N7/c1-18-11-5-6-23(8-11)14-7-13(19-16(17)20-14)12-9-22(2)21-15(12)10-3-4-10/h7,9-11,18H,3-6,8H2,1-2H3,(H2,17,19,20)/t11-/m1/s1. The molecule has 4 rings (SSSR count). The SMILES string of the molecule is CN[C@@H]1CCN(c2cc(-c3cn(C)nc3C3CC3)nc(N)n2)C1. The number of aromatic nitrogens is 4. The van der Waals surface area contributed by atoms with Crippen molar-refractivity contribution in [2.24, 2.45) is 7.05 Å². The number of anilines is 2. The lowest BCUT2D eigenvalue weighted by Crippen LogP contribution is -2.30. The van der Waals surface area contributed by atoms with Gasteiger partial charge in [0.05, 0.1) is 11.4 Å². The lowest BCUT2D eigenvalue weighted by Gasteiger charge is -2.18. The minimum absolute atomic E-state index is 0.330. The highest BCUT2D eigenvalue weighted by Crippen LogP contribution is 2.43. The molecule has 1 atom stereocenters. The van der Waals surface area contributed by atoms with Crippen LogP contribution in [0, 0.1) is 0 Å². The first-order chi connectivity index (χ1) is 11.1. The first-order valence-corrected chi connectivity index (χ1v) is 8.24. The van der Waals surface area contributed by atoms with Gasteiger partial charge in [0.25, 0.3) is 0 Å². The van der Waals surface area contributed by atoms with Gasteiger partial charge in [-0.25, -0.2) is 4.98 Å². The Morgan fingerprint density at radius 1 is 1.26 bits per heavy atom. The molecule has 1 saturated carbocycles. The van der Waals surface area contributed by atoms with Crippen LogP contribution >= 0.6 is 0 Å². The quantitative estimate of drug-likeness (QED) is 0.880. The number of nitrogens with zero attached hydrogens (tertiary/aromatic N) is 5.